The highest BCUT2D eigenvalue weighted by Gasteiger charge is 2.48. The summed E-state index contributed by atoms with van der Waals surface area (Å²) in [6, 6.07) is 48.1. The Labute approximate surface area is 303 Å². The first kappa shape index (κ1) is 31.6. The van der Waals surface area contributed by atoms with Gasteiger partial charge in [0.15, 0.2) is 0 Å². The summed E-state index contributed by atoms with van der Waals surface area (Å²) < 4.78 is 4.87. The number of benzene rings is 5. The number of fused-ring (bicyclic) bond motifs is 6. The van der Waals surface area contributed by atoms with Crippen molar-refractivity contribution in [2.45, 2.75) is 51.0 Å². The molecular weight excluding hydrogens is 635 g/mol. The molecule has 4 unspecified atom stereocenters. The first-order valence-corrected chi connectivity index (χ1v) is 18.3. The molecule has 5 aromatic carbocycles. The van der Waals surface area contributed by atoms with Crippen LogP contribution in [0.3, 0.4) is 0 Å². The summed E-state index contributed by atoms with van der Waals surface area (Å²) >= 11 is 0. The number of aromatic nitrogens is 2. The zero-order valence-corrected chi connectivity index (χ0v) is 29.1. The van der Waals surface area contributed by atoms with E-state index >= 15 is 0 Å². The maximum absolute atomic E-state index is 11.0. The Balaban J connectivity index is 1.19. The molecule has 7 aromatic rings. The van der Waals surface area contributed by atoms with E-state index in [1.165, 1.54) is 27.4 Å². The number of hydrogen-bond donors (Lipinski definition) is 0. The van der Waals surface area contributed by atoms with E-state index in [0.717, 1.165) is 58.7 Å². The Kier molecular flexibility index (Phi) is 7.57. The van der Waals surface area contributed by atoms with E-state index in [0.29, 0.717) is 17.6 Å². The number of allylic oxidation sites excluding steroid dienone is 4. The second kappa shape index (κ2) is 12.5. The van der Waals surface area contributed by atoms with Crippen LogP contribution in [0.25, 0.3) is 49.3 Å². The maximum atomic E-state index is 11.0. The van der Waals surface area contributed by atoms with Crippen LogP contribution in [0.15, 0.2) is 139 Å². The molecule has 0 saturated heterocycles. The fraction of sp³-hybridized carbons (Fsp3) is 0.213. The molecule has 0 spiro atoms. The van der Waals surface area contributed by atoms with Crippen molar-refractivity contribution in [1.29, 1.82) is 15.8 Å². The molecule has 5 heteroatoms. The Morgan fingerprint density at radius 3 is 1.98 bits per heavy atom. The Morgan fingerprint density at radius 2 is 1.29 bits per heavy atom. The average molecular weight is 672 g/mol. The minimum Gasteiger partial charge on any atom is -0.337 e. The third-order valence-electron chi connectivity index (χ3n) is 11.9. The molecule has 2 heterocycles. The molecule has 9 rings (SSSR count). The third kappa shape index (κ3) is 4.72. The Morgan fingerprint density at radius 1 is 0.654 bits per heavy atom. The van der Waals surface area contributed by atoms with Crippen LogP contribution in [0.1, 0.15) is 62.1 Å². The predicted octanol–water partition coefficient (Wildman–Crippen LogP) is 11.6. The van der Waals surface area contributed by atoms with Crippen LogP contribution in [0.4, 0.5) is 0 Å². The number of nitriles is 3. The lowest BCUT2D eigenvalue weighted by Crippen LogP contribution is -2.37. The van der Waals surface area contributed by atoms with E-state index in [1.54, 1.807) is 0 Å². The normalized spacial score (nSPS) is 22.0. The summed E-state index contributed by atoms with van der Waals surface area (Å²) in [7, 11) is 0. The fourth-order valence-corrected chi connectivity index (χ4v) is 9.61. The molecule has 52 heavy (non-hydrogen) atoms. The zero-order chi connectivity index (χ0) is 35.4. The average Bonchev–Trinajstić information content (AvgIpc) is 3.59. The van der Waals surface area contributed by atoms with Gasteiger partial charge in [-0.25, -0.2) is 0 Å². The summed E-state index contributed by atoms with van der Waals surface area (Å²) in [6.45, 7) is 1.99. The van der Waals surface area contributed by atoms with Crippen molar-refractivity contribution in [2.75, 3.05) is 0 Å². The Hall–Kier alpha value is -6.35. The van der Waals surface area contributed by atoms with Gasteiger partial charge < -0.3 is 9.13 Å². The monoisotopic (exact) mass is 671 g/mol. The molecule has 0 N–H and O–H groups in total. The number of hydrogen-bond acceptors (Lipinski definition) is 3. The highest BCUT2D eigenvalue weighted by molar-refractivity contribution is 6.10. The minimum atomic E-state index is -0.974. The minimum absolute atomic E-state index is 0.00156. The molecule has 0 saturated carbocycles. The molecule has 2 aliphatic carbocycles. The van der Waals surface area contributed by atoms with Gasteiger partial charge in [0.1, 0.15) is 0 Å². The first-order chi connectivity index (χ1) is 25.6. The third-order valence-corrected chi connectivity index (χ3v) is 11.9. The van der Waals surface area contributed by atoms with Crippen LogP contribution in [0.2, 0.25) is 0 Å². The predicted molar refractivity (Wildman–Crippen MR) is 209 cm³/mol. The first-order valence-electron chi connectivity index (χ1n) is 18.3. The van der Waals surface area contributed by atoms with Gasteiger partial charge in [0.25, 0.3) is 0 Å². The van der Waals surface area contributed by atoms with Gasteiger partial charge in [0.2, 0.25) is 0 Å². The van der Waals surface area contributed by atoms with Gasteiger partial charge in [0, 0.05) is 55.8 Å². The topological polar surface area (TPSA) is 81.2 Å². The van der Waals surface area contributed by atoms with Crippen molar-refractivity contribution in [1.82, 2.24) is 9.13 Å². The van der Waals surface area contributed by atoms with Gasteiger partial charge >= 0.3 is 0 Å². The quantitative estimate of drug-likeness (QED) is 0.175. The van der Waals surface area contributed by atoms with Gasteiger partial charge in [-0.1, -0.05) is 90.5 Å². The lowest BCUT2D eigenvalue weighted by atomic mass is 9.58. The van der Waals surface area contributed by atoms with E-state index in [2.05, 4.69) is 137 Å². The molecule has 2 aliphatic rings. The number of para-hydroxylation sites is 4. The van der Waals surface area contributed by atoms with E-state index in [4.69, 9.17) is 0 Å². The highest BCUT2D eigenvalue weighted by Crippen LogP contribution is 2.55. The maximum Gasteiger partial charge on any atom is 0.0991 e. The molecule has 250 valence electrons. The van der Waals surface area contributed by atoms with Crippen LogP contribution in [-0.4, -0.2) is 9.13 Å². The molecule has 2 aromatic heterocycles. The summed E-state index contributed by atoms with van der Waals surface area (Å²) in [4.78, 5) is 0. The summed E-state index contributed by atoms with van der Waals surface area (Å²) in [5, 5.41) is 35.8. The van der Waals surface area contributed by atoms with Crippen molar-refractivity contribution in [3.05, 3.63) is 150 Å². The zero-order valence-electron chi connectivity index (χ0n) is 29.1. The summed E-state index contributed by atoms with van der Waals surface area (Å²) in [6.07, 6.45) is 8.81. The summed E-state index contributed by atoms with van der Waals surface area (Å²) in [5.41, 5.74) is 8.51. The van der Waals surface area contributed by atoms with Crippen LogP contribution in [0, 0.1) is 45.3 Å². The molecular formula is C47H37N5. The van der Waals surface area contributed by atoms with Gasteiger partial charge in [-0.2, -0.15) is 15.8 Å². The lowest BCUT2D eigenvalue weighted by molar-refractivity contribution is 0.287. The summed E-state index contributed by atoms with van der Waals surface area (Å²) in [5.74, 6) is -0.167. The van der Waals surface area contributed by atoms with E-state index in [-0.39, 0.29) is 17.9 Å². The van der Waals surface area contributed by atoms with Gasteiger partial charge in [0.05, 0.1) is 40.2 Å². The fourth-order valence-electron chi connectivity index (χ4n) is 9.61. The second-order valence-corrected chi connectivity index (χ2v) is 14.6. The van der Waals surface area contributed by atoms with E-state index in [1.807, 2.05) is 25.1 Å². The molecule has 0 aliphatic heterocycles. The molecule has 0 bridgehead atoms. The second-order valence-electron chi connectivity index (χ2n) is 14.6. The number of nitrogens with zero attached hydrogens (tertiary/aromatic N) is 5. The standard InChI is InChI=1S/C47H37N5/c1-47(30-50)33(29-49)23-25-39(37-15-4-9-20-44(37)52-42-18-7-2-13-35(42)36-14-3-8-19-43(36)52)46(47)32-11-10-12-34(24-22-32)51-41-17-6-5-16-38(41)40-27-31(28-48)21-26-45(40)51/h2-9,13-23,26-27,34,39,46H,10-12,24-25H2,1H3. The lowest BCUT2D eigenvalue weighted by Gasteiger charge is -2.43. The van der Waals surface area contributed by atoms with Crippen LogP contribution in [-0.2, 0) is 0 Å². The molecule has 0 amide bonds. The largest absolute Gasteiger partial charge is 0.337 e. The highest BCUT2D eigenvalue weighted by atomic mass is 15.0. The Bertz CT molecular complexity index is 2700. The smallest absolute Gasteiger partial charge is 0.0991 e. The SMILES string of the molecule is CC1(C#N)C(C#N)=CCC(c2ccccc2-n2c3ccccc3c3ccccc32)C1C1=CCC(n2c3ccccc3c3cc(C#N)ccc32)CCC1. The van der Waals surface area contributed by atoms with Gasteiger partial charge in [-0.15, -0.1) is 0 Å². The van der Waals surface area contributed by atoms with E-state index < -0.39 is 5.41 Å². The van der Waals surface area contributed by atoms with Crippen LogP contribution in [0.5, 0.6) is 0 Å². The van der Waals surface area contributed by atoms with Gasteiger partial charge in [-0.3, -0.25) is 0 Å². The van der Waals surface area contributed by atoms with Crippen molar-refractivity contribution in [3.8, 4) is 23.9 Å². The van der Waals surface area contributed by atoms with Crippen molar-refractivity contribution in [3.63, 3.8) is 0 Å². The molecule has 4 atom stereocenters. The number of rotatable bonds is 4. The van der Waals surface area contributed by atoms with Crippen molar-refractivity contribution in [2.24, 2.45) is 11.3 Å². The van der Waals surface area contributed by atoms with Crippen molar-refractivity contribution >= 4 is 43.6 Å². The van der Waals surface area contributed by atoms with E-state index in [9.17, 15) is 15.8 Å². The molecule has 0 radical (unpaired) electrons. The van der Waals surface area contributed by atoms with Gasteiger partial charge in [-0.05, 0) is 93.0 Å². The van der Waals surface area contributed by atoms with Crippen LogP contribution >= 0.6 is 0 Å². The molecule has 0 fully saturated rings. The molecule has 5 nitrogen and oxygen atoms in total. The van der Waals surface area contributed by atoms with Crippen LogP contribution < -0.4 is 0 Å². The van der Waals surface area contributed by atoms with Crippen molar-refractivity contribution < 1.29 is 0 Å².